The lowest BCUT2D eigenvalue weighted by molar-refractivity contribution is -0.290. The van der Waals surface area contributed by atoms with Gasteiger partial charge in [0.25, 0.3) is 0 Å². The van der Waals surface area contributed by atoms with Crippen molar-refractivity contribution in [3.8, 4) is 0 Å². The van der Waals surface area contributed by atoms with Crippen LogP contribution in [0.1, 0.15) is 91.0 Å². The van der Waals surface area contributed by atoms with E-state index in [0.717, 1.165) is 19.3 Å². The summed E-state index contributed by atoms with van der Waals surface area (Å²) in [5.74, 6) is 3.64. The van der Waals surface area contributed by atoms with E-state index < -0.39 is 11.8 Å². The Morgan fingerprint density at radius 2 is 1.58 bits per heavy atom. The molecule has 0 heterocycles. The van der Waals surface area contributed by atoms with Gasteiger partial charge in [0, 0.05) is 0 Å². The van der Waals surface area contributed by atoms with Crippen molar-refractivity contribution in [2.45, 2.75) is 97.3 Å². The van der Waals surface area contributed by atoms with Crippen molar-refractivity contribution in [3.63, 3.8) is 0 Å². The molecule has 5 rings (SSSR count). The third kappa shape index (κ3) is 4.18. The fourth-order valence-corrected chi connectivity index (χ4v) is 9.78. The molecule has 4 heteroatoms. The first-order valence-corrected chi connectivity index (χ1v) is 14.4. The van der Waals surface area contributed by atoms with Crippen molar-refractivity contribution < 1.29 is 18.3 Å². The number of hydrogen-bond donors (Lipinski definition) is 1. The van der Waals surface area contributed by atoms with Crippen molar-refractivity contribution in [2.75, 3.05) is 0 Å². The lowest BCUT2D eigenvalue weighted by Gasteiger charge is -2.62. The molecule has 4 fully saturated rings. The van der Waals surface area contributed by atoms with Gasteiger partial charge in [0.1, 0.15) is 0 Å². The molecule has 0 aliphatic heterocycles. The number of benzene rings is 1. The van der Waals surface area contributed by atoms with Gasteiger partial charge in [-0.05, 0) is 116 Å². The monoisotopic (exact) mass is 502 g/mol. The Kier molecular flexibility index (Phi) is 6.71. The molecule has 10 atom stereocenters. The number of halogens is 3. The highest BCUT2D eigenvalue weighted by Crippen LogP contribution is 2.69. The molecule has 0 bridgehead atoms. The van der Waals surface area contributed by atoms with E-state index in [1.54, 1.807) is 0 Å². The van der Waals surface area contributed by atoms with Gasteiger partial charge < -0.3 is 5.11 Å². The Labute approximate surface area is 215 Å². The van der Waals surface area contributed by atoms with Crippen molar-refractivity contribution in [1.29, 1.82) is 0 Å². The minimum Gasteiger partial charge on any atom is -0.380 e. The molecule has 4 aliphatic rings. The van der Waals surface area contributed by atoms with Gasteiger partial charge in [-0.15, -0.1) is 0 Å². The van der Waals surface area contributed by atoms with Gasteiger partial charge in [0.05, 0.1) is 0 Å². The SMILES string of the molecule is C[C@@H]([C@H]1CC[C@H]2[C@@H]3CC[C@H]4C[C@](O)(C(F)(F)F)CC[C@]4(C)[C@H]3CC[C@]12C)[C@@H](C)/C=C/c1ccccc1. The number of fused-ring (bicyclic) bond motifs is 5. The van der Waals surface area contributed by atoms with Crippen LogP contribution in [0, 0.1) is 52.3 Å². The van der Waals surface area contributed by atoms with Crippen molar-refractivity contribution >= 4 is 6.08 Å². The summed E-state index contributed by atoms with van der Waals surface area (Å²) in [6.07, 6.45) is 7.22. The van der Waals surface area contributed by atoms with Crippen LogP contribution in [0.25, 0.3) is 6.08 Å². The lowest BCUT2D eigenvalue weighted by atomic mass is 9.43. The van der Waals surface area contributed by atoms with E-state index in [1.807, 2.05) is 0 Å². The summed E-state index contributed by atoms with van der Waals surface area (Å²) in [7, 11) is 0. The Bertz CT molecular complexity index is 956. The Morgan fingerprint density at radius 3 is 2.28 bits per heavy atom. The molecule has 200 valence electrons. The molecule has 4 saturated carbocycles. The van der Waals surface area contributed by atoms with Crippen LogP contribution in [-0.2, 0) is 0 Å². The van der Waals surface area contributed by atoms with Gasteiger partial charge >= 0.3 is 6.18 Å². The van der Waals surface area contributed by atoms with Crippen LogP contribution in [0.15, 0.2) is 36.4 Å². The maximum absolute atomic E-state index is 13.6. The average Bonchev–Trinajstić information content (AvgIpc) is 3.19. The summed E-state index contributed by atoms with van der Waals surface area (Å²) in [5, 5.41) is 10.5. The molecule has 0 spiro atoms. The number of alkyl halides is 3. The molecule has 1 N–H and O–H groups in total. The molecule has 0 unspecified atom stereocenters. The van der Waals surface area contributed by atoms with E-state index in [9.17, 15) is 18.3 Å². The number of allylic oxidation sites excluding steroid dienone is 1. The van der Waals surface area contributed by atoms with Crippen LogP contribution in [0.4, 0.5) is 13.2 Å². The zero-order chi connectivity index (χ0) is 25.9. The van der Waals surface area contributed by atoms with E-state index >= 15 is 0 Å². The van der Waals surface area contributed by atoms with E-state index in [4.69, 9.17) is 0 Å². The van der Waals surface area contributed by atoms with Crippen LogP contribution >= 0.6 is 0 Å². The predicted octanol–water partition coefficient (Wildman–Crippen LogP) is 8.92. The zero-order valence-electron chi connectivity index (χ0n) is 22.5. The summed E-state index contributed by atoms with van der Waals surface area (Å²) in [6, 6.07) is 10.5. The second-order valence-electron chi connectivity index (χ2n) is 13.6. The first-order chi connectivity index (χ1) is 16.9. The smallest absolute Gasteiger partial charge is 0.380 e. The highest BCUT2D eigenvalue weighted by molar-refractivity contribution is 5.49. The van der Waals surface area contributed by atoms with Gasteiger partial charge in [0.2, 0.25) is 0 Å². The standard InChI is InChI=1S/C32H45F3O/c1-21(10-11-23-8-6-5-7-9-23)22(2)26-14-15-27-25-13-12-24-20-31(36,32(33,34)35)19-18-29(24,3)28(25)16-17-30(26,27)4/h5-11,21-22,24-28,36H,12-20H2,1-4H3/b11-10+/t21-,22+,24-,25-,26+,27-,28-,29-,30+,31-/m0/s1. The van der Waals surface area contributed by atoms with Gasteiger partial charge in [0.15, 0.2) is 5.60 Å². The van der Waals surface area contributed by atoms with Gasteiger partial charge in [-0.25, -0.2) is 0 Å². The van der Waals surface area contributed by atoms with Crippen molar-refractivity contribution in [1.82, 2.24) is 0 Å². The van der Waals surface area contributed by atoms with Crippen molar-refractivity contribution in [3.05, 3.63) is 42.0 Å². The van der Waals surface area contributed by atoms with Crippen LogP contribution in [0.2, 0.25) is 0 Å². The third-order valence-electron chi connectivity index (χ3n) is 12.2. The third-order valence-corrected chi connectivity index (χ3v) is 12.2. The first kappa shape index (κ1) is 26.3. The molecule has 0 aromatic heterocycles. The molecule has 0 radical (unpaired) electrons. The molecule has 1 aromatic carbocycles. The number of rotatable bonds is 4. The number of hydrogen-bond acceptors (Lipinski definition) is 1. The van der Waals surface area contributed by atoms with Crippen LogP contribution < -0.4 is 0 Å². The highest BCUT2D eigenvalue weighted by Gasteiger charge is 2.65. The first-order valence-electron chi connectivity index (χ1n) is 14.4. The minimum atomic E-state index is -4.52. The Morgan fingerprint density at radius 1 is 0.889 bits per heavy atom. The topological polar surface area (TPSA) is 20.2 Å². The van der Waals surface area contributed by atoms with Crippen LogP contribution in [0.3, 0.4) is 0 Å². The molecular formula is C32H45F3O. The summed E-state index contributed by atoms with van der Waals surface area (Å²) >= 11 is 0. The summed E-state index contributed by atoms with van der Waals surface area (Å²) in [4.78, 5) is 0. The predicted molar refractivity (Wildman–Crippen MR) is 140 cm³/mol. The second kappa shape index (κ2) is 9.17. The summed E-state index contributed by atoms with van der Waals surface area (Å²) in [6.45, 7) is 9.64. The van der Waals surface area contributed by atoms with Gasteiger partial charge in [-0.2, -0.15) is 13.2 Å². The lowest BCUT2D eigenvalue weighted by Crippen LogP contribution is -2.59. The Hall–Kier alpha value is -1.29. The highest BCUT2D eigenvalue weighted by atomic mass is 19.4. The molecule has 0 saturated heterocycles. The summed E-state index contributed by atoms with van der Waals surface area (Å²) in [5.41, 5.74) is -0.954. The van der Waals surface area contributed by atoms with Gasteiger partial charge in [-0.3, -0.25) is 0 Å². The fraction of sp³-hybridized carbons (Fsp3) is 0.750. The largest absolute Gasteiger partial charge is 0.417 e. The molecule has 1 nitrogen and oxygen atoms in total. The van der Waals surface area contributed by atoms with E-state index in [0.29, 0.717) is 47.3 Å². The quantitative estimate of drug-likeness (QED) is 0.436. The zero-order valence-corrected chi connectivity index (χ0v) is 22.5. The molecular weight excluding hydrogens is 457 g/mol. The van der Waals surface area contributed by atoms with Crippen molar-refractivity contribution in [2.24, 2.45) is 52.3 Å². The van der Waals surface area contributed by atoms with Crippen LogP contribution in [0.5, 0.6) is 0 Å². The fourth-order valence-electron chi connectivity index (χ4n) is 9.78. The Balaban J connectivity index is 1.30. The van der Waals surface area contributed by atoms with Gasteiger partial charge in [-0.1, -0.05) is 70.2 Å². The van der Waals surface area contributed by atoms with Crippen LogP contribution in [-0.4, -0.2) is 16.9 Å². The molecule has 0 amide bonds. The maximum Gasteiger partial charge on any atom is 0.417 e. The molecule has 1 aromatic rings. The van der Waals surface area contributed by atoms with E-state index in [2.05, 4.69) is 70.2 Å². The number of aliphatic hydroxyl groups is 1. The van der Waals surface area contributed by atoms with E-state index in [-0.39, 0.29) is 24.2 Å². The van der Waals surface area contributed by atoms with E-state index in [1.165, 1.54) is 24.8 Å². The molecule has 36 heavy (non-hydrogen) atoms. The summed E-state index contributed by atoms with van der Waals surface area (Å²) < 4.78 is 40.9. The second-order valence-corrected chi connectivity index (χ2v) is 13.6. The maximum atomic E-state index is 13.6. The molecule has 4 aliphatic carbocycles. The minimum absolute atomic E-state index is 0.0113. The normalized spacial score (nSPS) is 44.5. The average molecular weight is 503 g/mol.